The van der Waals surface area contributed by atoms with Gasteiger partial charge in [-0.15, -0.1) is 5.10 Å². The fourth-order valence-corrected chi connectivity index (χ4v) is 4.38. The molecular weight excluding hydrogens is 383 g/mol. The molecule has 1 aromatic carbocycles. The zero-order valence-electron chi connectivity index (χ0n) is 14.2. The number of aromatic nitrogens is 3. The number of hydrogen-bond acceptors (Lipinski definition) is 6. The molecule has 3 rings (SSSR count). The normalized spacial score (nSPS) is 11.9. The van der Waals surface area contributed by atoms with E-state index in [1.807, 2.05) is 0 Å². The van der Waals surface area contributed by atoms with E-state index >= 15 is 0 Å². The van der Waals surface area contributed by atoms with Crippen molar-refractivity contribution in [3.63, 3.8) is 0 Å². The highest BCUT2D eigenvalue weighted by Gasteiger charge is 2.29. The molecule has 2 heterocycles. The van der Waals surface area contributed by atoms with Gasteiger partial charge in [0, 0.05) is 19.9 Å². The van der Waals surface area contributed by atoms with E-state index in [0.29, 0.717) is 11.4 Å². The Labute approximate surface area is 154 Å². The molecular formula is C16H16ClFN4O3S. The number of aryl methyl sites for hydroxylation is 1. The summed E-state index contributed by atoms with van der Waals surface area (Å²) >= 11 is 5.76. The van der Waals surface area contributed by atoms with Gasteiger partial charge in [-0.05, 0) is 31.2 Å². The first kappa shape index (κ1) is 18.6. The molecule has 0 radical (unpaired) electrons. The molecule has 0 aliphatic carbocycles. The lowest BCUT2D eigenvalue weighted by Crippen LogP contribution is -2.07. The number of hydrogen-bond donors (Lipinski definition) is 1. The van der Waals surface area contributed by atoms with Crippen molar-refractivity contribution in [3.05, 3.63) is 46.5 Å². The molecule has 3 aromatic rings. The monoisotopic (exact) mass is 398 g/mol. The summed E-state index contributed by atoms with van der Waals surface area (Å²) in [6.07, 6.45) is 0. The number of nitrogens with one attached hydrogen (secondary N) is 1. The Morgan fingerprint density at radius 1 is 1.35 bits per heavy atom. The number of nitrogens with zero attached hydrogens (tertiary/aromatic N) is 3. The fourth-order valence-electron chi connectivity index (χ4n) is 2.60. The Hall–Kier alpha value is -2.23. The van der Waals surface area contributed by atoms with E-state index in [2.05, 4.69) is 15.4 Å². The molecule has 2 aromatic heterocycles. The van der Waals surface area contributed by atoms with Gasteiger partial charge in [0.25, 0.3) is 0 Å². The van der Waals surface area contributed by atoms with Crippen molar-refractivity contribution in [1.29, 1.82) is 0 Å². The first-order chi connectivity index (χ1) is 12.3. The van der Waals surface area contributed by atoms with Crippen molar-refractivity contribution >= 4 is 32.9 Å². The van der Waals surface area contributed by atoms with Gasteiger partial charge in [-0.1, -0.05) is 11.6 Å². The van der Waals surface area contributed by atoms with E-state index in [1.165, 1.54) is 11.6 Å². The highest BCUT2D eigenvalue weighted by Crippen LogP contribution is 2.32. The molecule has 0 aliphatic heterocycles. The number of ether oxygens (including phenoxy) is 1. The lowest BCUT2D eigenvalue weighted by Gasteiger charge is -2.07. The molecule has 0 amide bonds. The first-order valence-electron chi connectivity index (χ1n) is 7.55. The summed E-state index contributed by atoms with van der Waals surface area (Å²) in [6, 6.07) is 5.00. The molecule has 0 unspecified atom stereocenters. The van der Waals surface area contributed by atoms with Gasteiger partial charge in [0.15, 0.2) is 16.4 Å². The maximum absolute atomic E-state index is 13.4. The topological polar surface area (TPSA) is 85.6 Å². The van der Waals surface area contributed by atoms with Crippen LogP contribution in [-0.4, -0.2) is 37.2 Å². The summed E-state index contributed by atoms with van der Waals surface area (Å²) in [7, 11) is -0.971. The molecule has 26 heavy (non-hydrogen) atoms. The number of rotatable bonds is 5. The molecule has 138 valence electrons. The summed E-state index contributed by atoms with van der Waals surface area (Å²) in [5.74, 6) is -0.564. The molecule has 0 bridgehead atoms. The third kappa shape index (κ3) is 3.02. The van der Waals surface area contributed by atoms with E-state index in [-0.39, 0.29) is 32.9 Å². The number of halogens is 2. The number of fused-ring (bicyclic) bond motifs is 1. The standard InChI is InChI=1S/C16H16ClFN4O3S/c1-9-6-10(8-25-3)20-16-14(15(19-2)21-22(9)16)26(23,24)11-4-5-13(18)12(17)7-11/h4-7H,8H2,1-3H3,(H,19,21). The van der Waals surface area contributed by atoms with Gasteiger partial charge in [0.05, 0.1) is 22.2 Å². The van der Waals surface area contributed by atoms with Gasteiger partial charge in [-0.2, -0.15) is 0 Å². The maximum Gasteiger partial charge on any atom is 0.214 e. The second kappa shape index (κ2) is 6.82. The number of anilines is 1. The van der Waals surface area contributed by atoms with Crippen molar-refractivity contribution in [1.82, 2.24) is 14.6 Å². The zero-order valence-corrected chi connectivity index (χ0v) is 15.8. The Balaban J connectivity index is 2.32. The van der Waals surface area contributed by atoms with Crippen LogP contribution in [0.15, 0.2) is 34.1 Å². The highest BCUT2D eigenvalue weighted by atomic mass is 35.5. The first-order valence-corrected chi connectivity index (χ1v) is 9.41. The van der Waals surface area contributed by atoms with Gasteiger partial charge in [-0.3, -0.25) is 0 Å². The van der Waals surface area contributed by atoms with Crippen LogP contribution in [0.1, 0.15) is 11.4 Å². The lowest BCUT2D eigenvalue weighted by molar-refractivity contribution is 0.181. The van der Waals surface area contributed by atoms with Crippen LogP contribution >= 0.6 is 11.6 Å². The smallest absolute Gasteiger partial charge is 0.214 e. The average Bonchev–Trinajstić information content (AvgIpc) is 2.97. The van der Waals surface area contributed by atoms with E-state index in [4.69, 9.17) is 16.3 Å². The predicted octanol–water partition coefficient (Wildman–Crippen LogP) is 2.85. The second-order valence-electron chi connectivity index (χ2n) is 5.56. The highest BCUT2D eigenvalue weighted by molar-refractivity contribution is 7.91. The largest absolute Gasteiger partial charge is 0.378 e. The van der Waals surface area contributed by atoms with E-state index in [1.54, 1.807) is 20.0 Å². The summed E-state index contributed by atoms with van der Waals surface area (Å²) < 4.78 is 46.3. The second-order valence-corrected chi connectivity index (χ2v) is 7.86. The molecule has 0 atom stereocenters. The van der Waals surface area contributed by atoms with Crippen LogP contribution in [0.3, 0.4) is 0 Å². The minimum atomic E-state index is -4.05. The van der Waals surface area contributed by atoms with Crippen molar-refractivity contribution in [3.8, 4) is 0 Å². The molecule has 0 saturated heterocycles. The molecule has 0 fully saturated rings. The quantitative estimate of drug-likeness (QED) is 0.665. The minimum Gasteiger partial charge on any atom is -0.378 e. The summed E-state index contributed by atoms with van der Waals surface area (Å²) in [4.78, 5) is 4.12. The molecule has 0 spiro atoms. The Morgan fingerprint density at radius 2 is 2.08 bits per heavy atom. The van der Waals surface area contributed by atoms with Gasteiger partial charge >= 0.3 is 0 Å². The van der Waals surface area contributed by atoms with E-state index < -0.39 is 15.7 Å². The predicted molar refractivity (Wildman–Crippen MR) is 94.8 cm³/mol. The van der Waals surface area contributed by atoms with E-state index in [9.17, 15) is 12.8 Å². The SMILES string of the molecule is CNc1nn2c(C)cc(COC)nc2c1S(=O)(=O)c1ccc(F)c(Cl)c1. The number of sulfone groups is 1. The third-order valence-corrected chi connectivity index (χ3v) is 5.85. The summed E-state index contributed by atoms with van der Waals surface area (Å²) in [5, 5.41) is 6.78. The van der Waals surface area contributed by atoms with Crippen LogP contribution in [0.5, 0.6) is 0 Å². The Kier molecular flexibility index (Phi) is 4.87. The van der Waals surface area contributed by atoms with Crippen molar-refractivity contribution in [2.45, 2.75) is 23.3 Å². The van der Waals surface area contributed by atoms with Gasteiger partial charge in [-0.25, -0.2) is 22.3 Å². The fraction of sp³-hybridized carbons (Fsp3) is 0.250. The average molecular weight is 399 g/mol. The van der Waals surface area contributed by atoms with Crippen molar-refractivity contribution < 1.29 is 17.5 Å². The minimum absolute atomic E-state index is 0.108. The van der Waals surface area contributed by atoms with Crippen LogP contribution in [0, 0.1) is 12.7 Å². The summed E-state index contributed by atoms with van der Waals surface area (Å²) in [5.41, 5.74) is 1.41. The zero-order chi connectivity index (χ0) is 19.1. The van der Waals surface area contributed by atoms with Gasteiger partial charge < -0.3 is 10.1 Å². The number of methoxy groups -OCH3 is 1. The van der Waals surface area contributed by atoms with Crippen molar-refractivity contribution in [2.24, 2.45) is 0 Å². The molecule has 1 N–H and O–H groups in total. The van der Waals surface area contributed by atoms with Crippen LogP contribution in [0.2, 0.25) is 5.02 Å². The summed E-state index contributed by atoms with van der Waals surface area (Å²) in [6.45, 7) is 2.00. The van der Waals surface area contributed by atoms with Crippen LogP contribution < -0.4 is 5.32 Å². The van der Waals surface area contributed by atoms with Crippen LogP contribution in [0.25, 0.3) is 5.65 Å². The van der Waals surface area contributed by atoms with Crippen LogP contribution in [0.4, 0.5) is 10.2 Å². The molecule has 7 nitrogen and oxygen atoms in total. The Morgan fingerprint density at radius 3 is 2.69 bits per heavy atom. The molecule has 0 aliphatic rings. The van der Waals surface area contributed by atoms with Gasteiger partial charge in [0.2, 0.25) is 9.84 Å². The molecule has 0 saturated carbocycles. The Bertz CT molecular complexity index is 1100. The third-order valence-electron chi connectivity index (χ3n) is 3.78. The number of benzene rings is 1. The van der Waals surface area contributed by atoms with E-state index in [0.717, 1.165) is 18.2 Å². The van der Waals surface area contributed by atoms with Crippen molar-refractivity contribution in [2.75, 3.05) is 19.5 Å². The molecule has 10 heteroatoms. The van der Waals surface area contributed by atoms with Crippen LogP contribution in [-0.2, 0) is 21.2 Å². The maximum atomic E-state index is 13.4. The van der Waals surface area contributed by atoms with Gasteiger partial charge in [0.1, 0.15) is 5.82 Å². The lowest BCUT2D eigenvalue weighted by atomic mass is 10.3.